The van der Waals surface area contributed by atoms with Crippen molar-refractivity contribution in [3.05, 3.63) is 12.7 Å². The lowest BCUT2D eigenvalue weighted by molar-refractivity contribution is -0.132. The first-order valence-corrected chi connectivity index (χ1v) is 4.43. The van der Waals surface area contributed by atoms with Crippen molar-refractivity contribution >= 4 is 5.91 Å². The molecule has 0 heterocycles. The van der Waals surface area contributed by atoms with Crippen molar-refractivity contribution in [1.82, 2.24) is 4.90 Å². The molecule has 0 rings (SSSR count). The maximum atomic E-state index is 11.5. The van der Waals surface area contributed by atoms with E-state index in [1.807, 2.05) is 6.92 Å². The van der Waals surface area contributed by atoms with Gasteiger partial charge in [-0.05, 0) is 6.42 Å². The zero-order valence-electron chi connectivity index (χ0n) is 8.07. The molecule has 1 atom stereocenters. The third kappa shape index (κ3) is 4.05. The summed E-state index contributed by atoms with van der Waals surface area (Å²) in [6.45, 7) is 6.10. The van der Waals surface area contributed by atoms with Crippen LogP contribution in [-0.2, 0) is 4.79 Å². The van der Waals surface area contributed by atoms with E-state index in [-0.39, 0.29) is 12.5 Å². The standard InChI is InChI=1S/C9H18N2O2/c1-3-5-11(6-7-12)9(13)8(10)4-2/h3,8,12H,1,4-7,10H2,2H3/t8-/m1/s1. The van der Waals surface area contributed by atoms with Crippen LogP contribution in [0.25, 0.3) is 0 Å². The average Bonchev–Trinajstić information content (AvgIpc) is 2.15. The fraction of sp³-hybridized carbons (Fsp3) is 0.667. The van der Waals surface area contributed by atoms with E-state index in [0.29, 0.717) is 19.5 Å². The highest BCUT2D eigenvalue weighted by Gasteiger charge is 2.17. The fourth-order valence-electron chi connectivity index (χ4n) is 0.977. The monoisotopic (exact) mass is 186 g/mol. The summed E-state index contributed by atoms with van der Waals surface area (Å²) in [5.41, 5.74) is 5.57. The van der Waals surface area contributed by atoms with Gasteiger partial charge in [-0.1, -0.05) is 13.0 Å². The minimum atomic E-state index is -0.466. The molecule has 0 saturated heterocycles. The summed E-state index contributed by atoms with van der Waals surface area (Å²) in [6, 6.07) is -0.466. The number of carbonyl (C=O) groups is 1. The molecule has 0 fully saturated rings. The van der Waals surface area contributed by atoms with Crippen molar-refractivity contribution in [2.24, 2.45) is 5.73 Å². The summed E-state index contributed by atoms with van der Waals surface area (Å²) in [5.74, 6) is -0.128. The van der Waals surface area contributed by atoms with E-state index in [9.17, 15) is 4.79 Å². The predicted octanol–water partition coefficient (Wildman–Crippen LogP) is -0.269. The van der Waals surface area contributed by atoms with Crippen LogP contribution in [0.4, 0.5) is 0 Å². The number of carbonyl (C=O) groups excluding carboxylic acids is 1. The third-order valence-corrected chi connectivity index (χ3v) is 1.79. The van der Waals surface area contributed by atoms with Gasteiger partial charge in [-0.2, -0.15) is 0 Å². The molecule has 4 nitrogen and oxygen atoms in total. The second-order valence-electron chi connectivity index (χ2n) is 2.81. The van der Waals surface area contributed by atoms with Crippen molar-refractivity contribution in [2.45, 2.75) is 19.4 Å². The third-order valence-electron chi connectivity index (χ3n) is 1.79. The number of hydrogen-bond donors (Lipinski definition) is 2. The average molecular weight is 186 g/mol. The lowest BCUT2D eigenvalue weighted by Gasteiger charge is -2.22. The van der Waals surface area contributed by atoms with E-state index in [2.05, 4.69) is 6.58 Å². The summed E-state index contributed by atoms with van der Waals surface area (Å²) < 4.78 is 0. The molecule has 3 N–H and O–H groups in total. The zero-order chi connectivity index (χ0) is 10.3. The Morgan fingerprint density at radius 3 is 2.77 bits per heavy atom. The highest BCUT2D eigenvalue weighted by molar-refractivity contribution is 5.81. The van der Waals surface area contributed by atoms with Crippen LogP contribution in [0.2, 0.25) is 0 Å². The Balaban J connectivity index is 4.17. The van der Waals surface area contributed by atoms with Crippen molar-refractivity contribution in [3.63, 3.8) is 0 Å². The van der Waals surface area contributed by atoms with Crippen LogP contribution in [0.3, 0.4) is 0 Å². The molecule has 0 aromatic rings. The molecule has 4 heteroatoms. The lowest BCUT2D eigenvalue weighted by Crippen LogP contribution is -2.44. The molecule has 0 aromatic heterocycles. The largest absolute Gasteiger partial charge is 0.395 e. The molecular weight excluding hydrogens is 168 g/mol. The van der Waals surface area contributed by atoms with Crippen LogP contribution in [0.5, 0.6) is 0 Å². The molecule has 13 heavy (non-hydrogen) atoms. The van der Waals surface area contributed by atoms with E-state index >= 15 is 0 Å². The Labute approximate surface area is 79.0 Å². The Morgan fingerprint density at radius 2 is 2.38 bits per heavy atom. The second-order valence-corrected chi connectivity index (χ2v) is 2.81. The Hall–Kier alpha value is -0.870. The van der Waals surface area contributed by atoms with Gasteiger partial charge in [0.15, 0.2) is 0 Å². The minimum absolute atomic E-state index is 0.0456. The molecule has 0 unspecified atom stereocenters. The molecule has 0 bridgehead atoms. The van der Waals surface area contributed by atoms with Crippen LogP contribution in [0, 0.1) is 0 Å². The highest BCUT2D eigenvalue weighted by Crippen LogP contribution is 1.96. The van der Waals surface area contributed by atoms with Gasteiger partial charge >= 0.3 is 0 Å². The molecule has 1 amide bonds. The first kappa shape index (κ1) is 12.1. The van der Waals surface area contributed by atoms with Gasteiger partial charge in [0.2, 0.25) is 5.91 Å². The van der Waals surface area contributed by atoms with Gasteiger partial charge < -0.3 is 15.7 Å². The van der Waals surface area contributed by atoms with Crippen LogP contribution in [0.15, 0.2) is 12.7 Å². The maximum absolute atomic E-state index is 11.5. The Bertz CT molecular complexity index is 171. The number of amides is 1. The van der Waals surface area contributed by atoms with Gasteiger partial charge in [0.1, 0.15) is 0 Å². The second kappa shape index (κ2) is 6.62. The van der Waals surface area contributed by atoms with Gasteiger partial charge in [0.05, 0.1) is 12.6 Å². The Morgan fingerprint density at radius 1 is 1.77 bits per heavy atom. The fourth-order valence-corrected chi connectivity index (χ4v) is 0.977. The van der Waals surface area contributed by atoms with E-state index in [1.165, 1.54) is 4.90 Å². The van der Waals surface area contributed by atoms with Crippen LogP contribution in [0.1, 0.15) is 13.3 Å². The first-order chi connectivity index (χ1) is 6.17. The van der Waals surface area contributed by atoms with Crippen molar-refractivity contribution < 1.29 is 9.90 Å². The van der Waals surface area contributed by atoms with Gasteiger partial charge in [-0.3, -0.25) is 4.79 Å². The normalized spacial score (nSPS) is 12.2. The van der Waals surface area contributed by atoms with E-state index in [4.69, 9.17) is 10.8 Å². The zero-order valence-corrected chi connectivity index (χ0v) is 8.07. The smallest absolute Gasteiger partial charge is 0.239 e. The molecule has 0 aromatic carbocycles. The number of nitrogens with two attached hydrogens (primary N) is 1. The molecule has 0 radical (unpaired) electrons. The minimum Gasteiger partial charge on any atom is -0.395 e. The lowest BCUT2D eigenvalue weighted by atomic mass is 10.2. The molecule has 0 aliphatic heterocycles. The number of hydrogen-bond acceptors (Lipinski definition) is 3. The van der Waals surface area contributed by atoms with E-state index in [1.54, 1.807) is 6.08 Å². The number of aliphatic hydroxyl groups excluding tert-OH is 1. The SMILES string of the molecule is C=CCN(CCO)C(=O)[C@H](N)CC. The highest BCUT2D eigenvalue weighted by atomic mass is 16.3. The predicted molar refractivity (Wildman–Crippen MR) is 52.1 cm³/mol. The quantitative estimate of drug-likeness (QED) is 0.561. The van der Waals surface area contributed by atoms with Crippen LogP contribution >= 0.6 is 0 Å². The molecule has 76 valence electrons. The molecule has 0 spiro atoms. The first-order valence-electron chi connectivity index (χ1n) is 4.43. The summed E-state index contributed by atoms with van der Waals surface area (Å²) in [7, 11) is 0. The van der Waals surface area contributed by atoms with E-state index < -0.39 is 6.04 Å². The van der Waals surface area contributed by atoms with Crippen LogP contribution in [-0.4, -0.2) is 41.7 Å². The van der Waals surface area contributed by atoms with Crippen LogP contribution < -0.4 is 5.73 Å². The molecular formula is C9H18N2O2. The van der Waals surface area contributed by atoms with Crippen molar-refractivity contribution in [2.75, 3.05) is 19.7 Å². The summed E-state index contributed by atoms with van der Waals surface area (Å²) >= 11 is 0. The number of aliphatic hydroxyl groups is 1. The van der Waals surface area contributed by atoms with Gasteiger partial charge in [-0.15, -0.1) is 6.58 Å². The van der Waals surface area contributed by atoms with E-state index in [0.717, 1.165) is 0 Å². The summed E-state index contributed by atoms with van der Waals surface area (Å²) in [6.07, 6.45) is 2.23. The van der Waals surface area contributed by atoms with Crippen molar-refractivity contribution in [1.29, 1.82) is 0 Å². The molecule has 0 saturated carbocycles. The van der Waals surface area contributed by atoms with Gasteiger partial charge in [0.25, 0.3) is 0 Å². The van der Waals surface area contributed by atoms with Crippen molar-refractivity contribution in [3.8, 4) is 0 Å². The number of rotatable bonds is 6. The molecule has 0 aliphatic rings. The Kier molecular flexibility index (Phi) is 6.18. The maximum Gasteiger partial charge on any atom is 0.239 e. The van der Waals surface area contributed by atoms with Gasteiger partial charge in [-0.25, -0.2) is 0 Å². The number of nitrogens with zero attached hydrogens (tertiary/aromatic N) is 1. The molecule has 0 aliphatic carbocycles. The summed E-state index contributed by atoms with van der Waals surface area (Å²) in [5, 5.41) is 8.70. The van der Waals surface area contributed by atoms with Gasteiger partial charge in [0, 0.05) is 13.1 Å². The topological polar surface area (TPSA) is 66.6 Å². The summed E-state index contributed by atoms with van der Waals surface area (Å²) in [4.78, 5) is 13.0.